The highest BCUT2D eigenvalue weighted by molar-refractivity contribution is 7.87. The Hall–Kier alpha value is -3.59. The maximum atomic E-state index is 13.2. The molecule has 0 fully saturated rings. The molecule has 0 saturated heterocycles. The standard InChI is InChI=1S/C21H13ClF6N2O6S/c1-2-35-19(32)18-16(10-17(31)30(29-18)15-6-4-3-5-14(15)22)36-37(33,34)13-8-11(20(23,24)25)7-12(9-13)21(26,27)28/h3-10H,2H2,1H3. The normalized spacial score (nSPS) is 12.3. The fourth-order valence-corrected chi connectivity index (χ4v) is 4.10. The molecule has 1 aromatic heterocycles. The van der Waals surface area contributed by atoms with Crippen molar-refractivity contribution in [1.82, 2.24) is 9.78 Å². The smallest absolute Gasteiger partial charge is 0.416 e. The van der Waals surface area contributed by atoms with Crippen LogP contribution in [0.1, 0.15) is 28.5 Å². The minimum absolute atomic E-state index is 0.00292. The monoisotopic (exact) mass is 570 g/mol. The third-order valence-electron chi connectivity index (χ3n) is 4.50. The molecular formula is C21H13ClF6N2O6S. The van der Waals surface area contributed by atoms with Crippen molar-refractivity contribution < 1.29 is 48.5 Å². The molecule has 3 rings (SSSR count). The summed E-state index contributed by atoms with van der Waals surface area (Å²) in [6, 6.07) is 5.64. The molecule has 0 saturated carbocycles. The van der Waals surface area contributed by atoms with Gasteiger partial charge < -0.3 is 8.92 Å². The van der Waals surface area contributed by atoms with Crippen LogP contribution in [0, 0.1) is 0 Å². The van der Waals surface area contributed by atoms with Crippen molar-refractivity contribution >= 4 is 27.7 Å². The summed E-state index contributed by atoms with van der Waals surface area (Å²) < 4.78 is 115. The number of rotatable bonds is 6. The predicted octanol–water partition coefficient (Wildman–Crippen LogP) is 4.87. The first-order valence-electron chi connectivity index (χ1n) is 9.85. The SMILES string of the molecule is CCOC(=O)c1nn(-c2ccccc2Cl)c(=O)cc1OS(=O)(=O)c1cc(C(F)(F)F)cc(C(F)(F)F)c1. The van der Waals surface area contributed by atoms with Crippen molar-refractivity contribution in [3.63, 3.8) is 0 Å². The van der Waals surface area contributed by atoms with E-state index in [1.807, 2.05) is 0 Å². The van der Waals surface area contributed by atoms with Crippen LogP contribution >= 0.6 is 11.6 Å². The van der Waals surface area contributed by atoms with Crippen molar-refractivity contribution in [3.8, 4) is 11.4 Å². The fourth-order valence-electron chi connectivity index (χ4n) is 2.88. The molecule has 0 aliphatic heterocycles. The molecular weight excluding hydrogens is 558 g/mol. The van der Waals surface area contributed by atoms with Crippen LogP contribution in [-0.2, 0) is 27.2 Å². The number of hydrogen-bond donors (Lipinski definition) is 0. The summed E-state index contributed by atoms with van der Waals surface area (Å²) in [5, 5.41) is 3.71. The predicted molar refractivity (Wildman–Crippen MR) is 115 cm³/mol. The molecule has 8 nitrogen and oxygen atoms in total. The highest BCUT2D eigenvalue weighted by atomic mass is 35.5. The number of hydrogen-bond acceptors (Lipinski definition) is 7. The Morgan fingerprint density at radius 3 is 2.08 bits per heavy atom. The Labute approximate surface area is 209 Å². The van der Waals surface area contributed by atoms with Crippen LogP contribution in [0.2, 0.25) is 5.02 Å². The van der Waals surface area contributed by atoms with Gasteiger partial charge in [0.25, 0.3) is 5.56 Å². The van der Waals surface area contributed by atoms with E-state index >= 15 is 0 Å². The van der Waals surface area contributed by atoms with Crippen molar-refractivity contribution in [3.05, 3.63) is 80.7 Å². The van der Waals surface area contributed by atoms with E-state index in [1.54, 1.807) is 0 Å². The molecule has 3 aromatic rings. The molecule has 0 bridgehead atoms. The van der Waals surface area contributed by atoms with E-state index < -0.39 is 61.5 Å². The van der Waals surface area contributed by atoms with Crippen molar-refractivity contribution in [2.24, 2.45) is 0 Å². The average molecular weight is 571 g/mol. The van der Waals surface area contributed by atoms with Crippen molar-refractivity contribution in [2.45, 2.75) is 24.2 Å². The van der Waals surface area contributed by atoms with Gasteiger partial charge >= 0.3 is 28.4 Å². The van der Waals surface area contributed by atoms with Crippen LogP contribution in [0.3, 0.4) is 0 Å². The fraction of sp³-hybridized carbons (Fsp3) is 0.190. The Kier molecular flexibility index (Phi) is 7.60. The second-order valence-electron chi connectivity index (χ2n) is 7.06. The van der Waals surface area contributed by atoms with Gasteiger partial charge in [-0.1, -0.05) is 23.7 Å². The van der Waals surface area contributed by atoms with Gasteiger partial charge in [-0.15, -0.1) is 0 Å². The van der Waals surface area contributed by atoms with Gasteiger partial charge in [-0.2, -0.15) is 44.5 Å². The lowest BCUT2D eigenvalue weighted by molar-refractivity contribution is -0.143. The van der Waals surface area contributed by atoms with Crippen molar-refractivity contribution in [1.29, 1.82) is 0 Å². The zero-order valence-corrected chi connectivity index (χ0v) is 19.8. The molecule has 0 atom stereocenters. The summed E-state index contributed by atoms with van der Waals surface area (Å²) in [5.41, 5.74) is -5.93. The Balaban J connectivity index is 2.20. The van der Waals surface area contributed by atoms with E-state index in [9.17, 15) is 44.3 Å². The highest BCUT2D eigenvalue weighted by Crippen LogP contribution is 2.37. The van der Waals surface area contributed by atoms with Crippen LogP contribution < -0.4 is 9.74 Å². The maximum Gasteiger partial charge on any atom is 0.416 e. The lowest BCUT2D eigenvalue weighted by Crippen LogP contribution is -2.26. The molecule has 37 heavy (non-hydrogen) atoms. The number of aromatic nitrogens is 2. The molecule has 198 valence electrons. The molecule has 16 heteroatoms. The minimum atomic E-state index is -5.47. The Bertz CT molecular complexity index is 1490. The first kappa shape index (κ1) is 28.0. The van der Waals surface area contributed by atoms with Crippen LogP contribution in [0.5, 0.6) is 5.75 Å². The van der Waals surface area contributed by atoms with Crippen LogP contribution in [0.25, 0.3) is 5.69 Å². The van der Waals surface area contributed by atoms with Gasteiger partial charge in [0.2, 0.25) is 5.69 Å². The van der Waals surface area contributed by atoms with E-state index in [4.69, 9.17) is 16.3 Å². The van der Waals surface area contributed by atoms with E-state index in [2.05, 4.69) is 9.28 Å². The summed E-state index contributed by atoms with van der Waals surface area (Å²) in [7, 11) is -5.47. The number of para-hydroxylation sites is 1. The molecule has 1 heterocycles. The molecule has 0 N–H and O–H groups in total. The number of nitrogens with zero attached hydrogens (tertiary/aromatic N) is 2. The molecule has 0 radical (unpaired) electrons. The van der Waals surface area contributed by atoms with E-state index in [1.165, 1.54) is 31.2 Å². The highest BCUT2D eigenvalue weighted by Gasteiger charge is 2.39. The molecule has 0 aliphatic carbocycles. The van der Waals surface area contributed by atoms with Gasteiger partial charge in [0.15, 0.2) is 5.75 Å². The number of benzene rings is 2. The summed E-state index contributed by atoms with van der Waals surface area (Å²) >= 11 is 6.03. The lowest BCUT2D eigenvalue weighted by Gasteiger charge is -2.16. The topological polar surface area (TPSA) is 105 Å². The summed E-state index contributed by atoms with van der Waals surface area (Å²) in [6.45, 7) is 1.13. The second kappa shape index (κ2) is 10.0. The zero-order valence-electron chi connectivity index (χ0n) is 18.2. The van der Waals surface area contributed by atoms with E-state index in [0.717, 1.165) is 0 Å². The summed E-state index contributed by atoms with van der Waals surface area (Å²) in [5.74, 6) is -2.41. The van der Waals surface area contributed by atoms with Gasteiger partial charge in [0.1, 0.15) is 4.90 Å². The zero-order chi connectivity index (χ0) is 27.8. The first-order valence-corrected chi connectivity index (χ1v) is 11.6. The largest absolute Gasteiger partial charge is 0.461 e. The molecule has 0 aliphatic rings. The first-order chi connectivity index (χ1) is 17.0. The number of halogens is 7. The summed E-state index contributed by atoms with van der Waals surface area (Å²) in [4.78, 5) is 23.5. The minimum Gasteiger partial charge on any atom is -0.461 e. The molecule has 0 unspecified atom stereocenters. The lowest BCUT2D eigenvalue weighted by atomic mass is 10.1. The summed E-state index contributed by atoms with van der Waals surface area (Å²) in [6.07, 6.45) is -10.7. The molecule has 2 aromatic carbocycles. The van der Waals surface area contributed by atoms with Crippen LogP contribution in [0.15, 0.2) is 58.2 Å². The average Bonchev–Trinajstić information content (AvgIpc) is 2.78. The third kappa shape index (κ3) is 6.22. The Morgan fingerprint density at radius 1 is 1.00 bits per heavy atom. The number of carbonyl (C=O) groups is 1. The van der Waals surface area contributed by atoms with Gasteiger partial charge in [0, 0.05) is 0 Å². The van der Waals surface area contributed by atoms with Gasteiger partial charge in [0.05, 0.1) is 34.5 Å². The quantitative estimate of drug-likeness (QED) is 0.237. The van der Waals surface area contributed by atoms with E-state index in [-0.39, 0.29) is 35.5 Å². The van der Waals surface area contributed by atoms with Gasteiger partial charge in [-0.05, 0) is 37.3 Å². The van der Waals surface area contributed by atoms with Gasteiger partial charge in [-0.3, -0.25) is 4.79 Å². The molecule has 0 spiro atoms. The van der Waals surface area contributed by atoms with E-state index in [0.29, 0.717) is 10.7 Å². The number of esters is 1. The molecule has 0 amide bonds. The second-order valence-corrected chi connectivity index (χ2v) is 9.01. The van der Waals surface area contributed by atoms with Gasteiger partial charge in [-0.25, -0.2) is 4.79 Å². The number of ether oxygens (including phenoxy) is 1. The third-order valence-corrected chi connectivity index (χ3v) is 6.03. The maximum absolute atomic E-state index is 13.2. The van der Waals surface area contributed by atoms with Crippen LogP contribution in [0.4, 0.5) is 26.3 Å². The number of alkyl halides is 6. The Morgan fingerprint density at radius 2 is 1.57 bits per heavy atom. The van der Waals surface area contributed by atoms with Crippen molar-refractivity contribution in [2.75, 3.05) is 6.61 Å². The van der Waals surface area contributed by atoms with Crippen LogP contribution in [-0.4, -0.2) is 30.8 Å². The number of carbonyl (C=O) groups excluding carboxylic acids is 1.